The zero-order chi connectivity index (χ0) is 30.8. The Balaban J connectivity index is 1.28. The lowest BCUT2D eigenvalue weighted by molar-refractivity contribution is 0.661. The number of hydrogen-bond acceptors (Lipinski definition) is 3. The van der Waals surface area contributed by atoms with E-state index in [-0.39, 0.29) is 5.41 Å². The van der Waals surface area contributed by atoms with E-state index >= 15 is 0 Å². The Labute approximate surface area is 272 Å². The topological polar surface area (TPSA) is 25.8 Å². The van der Waals surface area contributed by atoms with E-state index < -0.39 is 0 Å². The van der Waals surface area contributed by atoms with Crippen molar-refractivity contribution < 1.29 is 0 Å². The van der Waals surface area contributed by atoms with Gasteiger partial charge in [-0.2, -0.15) is 0 Å². The van der Waals surface area contributed by atoms with Gasteiger partial charge in [0, 0.05) is 21.2 Å². The lowest BCUT2D eigenvalue weighted by Gasteiger charge is -2.22. The fourth-order valence-electron chi connectivity index (χ4n) is 7.17. The third-order valence-corrected chi connectivity index (χ3v) is 10.6. The van der Waals surface area contributed by atoms with Crippen molar-refractivity contribution >= 4 is 32.2 Å². The molecule has 2 aromatic heterocycles. The average Bonchev–Trinajstić information content (AvgIpc) is 3.64. The lowest BCUT2D eigenvalue weighted by atomic mass is 9.81. The highest BCUT2D eigenvalue weighted by atomic mass is 32.1. The minimum absolute atomic E-state index is 0.108. The minimum atomic E-state index is -0.108. The van der Waals surface area contributed by atoms with Gasteiger partial charge in [-0.25, -0.2) is 9.97 Å². The molecule has 0 radical (unpaired) electrons. The first-order valence-corrected chi connectivity index (χ1v) is 16.6. The minimum Gasteiger partial charge on any atom is -0.228 e. The molecule has 0 saturated heterocycles. The molecule has 0 atom stereocenters. The molecule has 2 nitrogen and oxygen atoms in total. The van der Waals surface area contributed by atoms with Crippen LogP contribution in [0.15, 0.2) is 146 Å². The van der Waals surface area contributed by atoms with Gasteiger partial charge in [-0.3, -0.25) is 0 Å². The van der Waals surface area contributed by atoms with E-state index in [1.165, 1.54) is 54.2 Å². The molecule has 0 amide bonds. The molecule has 1 aliphatic carbocycles. The molecule has 8 aromatic rings. The maximum atomic E-state index is 5.24. The molecule has 1 aliphatic rings. The largest absolute Gasteiger partial charge is 0.228 e. The Morgan fingerprint density at radius 1 is 0.478 bits per heavy atom. The average molecular weight is 607 g/mol. The predicted molar refractivity (Wildman–Crippen MR) is 194 cm³/mol. The van der Waals surface area contributed by atoms with Crippen LogP contribution >= 0.6 is 11.3 Å². The summed E-state index contributed by atoms with van der Waals surface area (Å²) < 4.78 is 1.26. The van der Waals surface area contributed by atoms with Gasteiger partial charge in [0.1, 0.15) is 0 Å². The third kappa shape index (κ3) is 4.23. The highest BCUT2D eigenvalue weighted by molar-refractivity contribution is 7.22. The van der Waals surface area contributed by atoms with Gasteiger partial charge in [-0.05, 0) is 79.9 Å². The third-order valence-electron chi connectivity index (χ3n) is 9.50. The molecular weight excluding hydrogens is 577 g/mol. The van der Waals surface area contributed by atoms with Crippen molar-refractivity contribution in [3.05, 3.63) is 157 Å². The Kier molecular flexibility index (Phi) is 6.06. The van der Waals surface area contributed by atoms with Crippen LogP contribution in [-0.2, 0) is 5.41 Å². The van der Waals surface area contributed by atoms with Crippen LogP contribution in [0.3, 0.4) is 0 Å². The SMILES string of the molecule is CC1(C)c2cc3ccccc3cc2-c2c(-c3ccccc3-c3cc(-c4cc5ccccc5s4)nc(-c4ccccc4)n3)cccc21. The van der Waals surface area contributed by atoms with Crippen molar-refractivity contribution in [3.63, 3.8) is 0 Å². The van der Waals surface area contributed by atoms with Crippen molar-refractivity contribution in [1.82, 2.24) is 9.97 Å². The Morgan fingerprint density at radius 2 is 1.13 bits per heavy atom. The Bertz CT molecular complexity index is 2420. The summed E-state index contributed by atoms with van der Waals surface area (Å²) in [5, 5.41) is 3.79. The van der Waals surface area contributed by atoms with Crippen LogP contribution in [0.25, 0.3) is 76.3 Å². The molecule has 46 heavy (non-hydrogen) atoms. The summed E-state index contributed by atoms with van der Waals surface area (Å²) in [4.78, 5) is 11.5. The molecule has 0 fully saturated rings. The quantitative estimate of drug-likeness (QED) is 0.199. The normalized spacial score (nSPS) is 13.2. The number of hydrogen-bond donors (Lipinski definition) is 0. The maximum absolute atomic E-state index is 5.24. The molecule has 0 spiro atoms. The second kappa shape index (κ2) is 10.3. The fraction of sp³-hybridized carbons (Fsp3) is 0.0698. The van der Waals surface area contributed by atoms with Crippen LogP contribution < -0.4 is 0 Å². The summed E-state index contributed by atoms with van der Waals surface area (Å²) in [7, 11) is 0. The van der Waals surface area contributed by atoms with Crippen molar-refractivity contribution in [2.75, 3.05) is 0 Å². The molecule has 218 valence electrons. The molecule has 9 rings (SSSR count). The van der Waals surface area contributed by atoms with Gasteiger partial charge in [0.05, 0.1) is 16.3 Å². The first-order chi connectivity index (χ1) is 22.5. The Hall–Kier alpha value is -5.38. The highest BCUT2D eigenvalue weighted by Crippen LogP contribution is 2.54. The zero-order valence-corrected chi connectivity index (χ0v) is 26.5. The van der Waals surface area contributed by atoms with Crippen molar-refractivity contribution in [1.29, 1.82) is 0 Å². The van der Waals surface area contributed by atoms with Crippen molar-refractivity contribution in [2.45, 2.75) is 19.3 Å². The smallest absolute Gasteiger partial charge is 0.160 e. The van der Waals surface area contributed by atoms with Crippen LogP contribution in [0, 0.1) is 0 Å². The van der Waals surface area contributed by atoms with Gasteiger partial charge < -0.3 is 0 Å². The Morgan fingerprint density at radius 3 is 1.93 bits per heavy atom. The van der Waals surface area contributed by atoms with Crippen LogP contribution in [0.1, 0.15) is 25.0 Å². The predicted octanol–water partition coefficient (Wildman–Crippen LogP) is 11.8. The zero-order valence-electron chi connectivity index (χ0n) is 25.7. The van der Waals surface area contributed by atoms with Gasteiger partial charge in [-0.1, -0.05) is 129 Å². The van der Waals surface area contributed by atoms with E-state index in [2.05, 4.69) is 153 Å². The van der Waals surface area contributed by atoms with E-state index in [0.29, 0.717) is 0 Å². The van der Waals surface area contributed by atoms with Gasteiger partial charge in [0.2, 0.25) is 0 Å². The summed E-state index contributed by atoms with van der Waals surface area (Å²) in [6.07, 6.45) is 0. The van der Waals surface area contributed by atoms with Crippen LogP contribution in [0.4, 0.5) is 0 Å². The first kappa shape index (κ1) is 27.0. The summed E-state index contributed by atoms with van der Waals surface area (Å²) >= 11 is 1.78. The first-order valence-electron chi connectivity index (χ1n) is 15.7. The highest BCUT2D eigenvalue weighted by Gasteiger charge is 2.37. The second-order valence-corrected chi connectivity index (χ2v) is 13.7. The van der Waals surface area contributed by atoms with E-state index in [4.69, 9.17) is 9.97 Å². The molecular formula is C43H30N2S. The van der Waals surface area contributed by atoms with E-state index in [9.17, 15) is 0 Å². The molecule has 0 unspecified atom stereocenters. The standard InChI is InChI=1S/C43H30N2S/c1-43(2)35-21-12-20-33(41(35)34-23-28-15-6-7-16-29(28)24-36(34)43)31-18-9-10-19-32(31)37-26-38(40-25-30-17-8-11-22-39(30)46-40)45-42(44-37)27-13-4-3-5-14-27/h3-26H,1-2H3. The number of benzene rings is 6. The van der Waals surface area contributed by atoms with E-state index in [1.54, 1.807) is 11.3 Å². The summed E-state index contributed by atoms with van der Waals surface area (Å²) in [5.74, 6) is 0.733. The molecule has 0 saturated carbocycles. The van der Waals surface area contributed by atoms with Crippen molar-refractivity contribution in [3.8, 4) is 55.5 Å². The lowest BCUT2D eigenvalue weighted by Crippen LogP contribution is -2.14. The van der Waals surface area contributed by atoms with E-state index in [1.807, 2.05) is 6.07 Å². The monoisotopic (exact) mass is 606 g/mol. The van der Waals surface area contributed by atoms with Gasteiger partial charge in [0.15, 0.2) is 5.82 Å². The number of rotatable bonds is 4. The molecule has 0 aliphatic heterocycles. The second-order valence-electron chi connectivity index (χ2n) is 12.6. The summed E-state index contributed by atoms with van der Waals surface area (Å²) in [6, 6.07) is 52.3. The van der Waals surface area contributed by atoms with Crippen LogP contribution in [-0.4, -0.2) is 9.97 Å². The molecule has 6 aromatic carbocycles. The van der Waals surface area contributed by atoms with Gasteiger partial charge in [-0.15, -0.1) is 11.3 Å². The number of nitrogens with zero attached hydrogens (tertiary/aromatic N) is 2. The fourth-order valence-corrected chi connectivity index (χ4v) is 8.20. The summed E-state index contributed by atoms with van der Waals surface area (Å²) in [5.41, 5.74) is 11.7. The van der Waals surface area contributed by atoms with Crippen LogP contribution in [0.5, 0.6) is 0 Å². The summed E-state index contributed by atoms with van der Waals surface area (Å²) in [6.45, 7) is 4.71. The molecule has 2 heterocycles. The van der Waals surface area contributed by atoms with E-state index in [0.717, 1.165) is 33.2 Å². The number of fused-ring (bicyclic) bond motifs is 5. The molecule has 0 bridgehead atoms. The molecule has 3 heteroatoms. The van der Waals surface area contributed by atoms with Gasteiger partial charge in [0.25, 0.3) is 0 Å². The molecule has 0 N–H and O–H groups in total. The number of thiophene rings is 1. The van der Waals surface area contributed by atoms with Crippen LogP contribution in [0.2, 0.25) is 0 Å². The van der Waals surface area contributed by atoms with Crippen molar-refractivity contribution in [2.24, 2.45) is 0 Å². The number of aromatic nitrogens is 2. The van der Waals surface area contributed by atoms with Gasteiger partial charge >= 0.3 is 0 Å². The maximum Gasteiger partial charge on any atom is 0.160 e.